The van der Waals surface area contributed by atoms with Crippen LogP contribution in [0.15, 0.2) is 64.2 Å². The summed E-state index contributed by atoms with van der Waals surface area (Å²) in [6.07, 6.45) is 5.63. The van der Waals surface area contributed by atoms with Gasteiger partial charge in [0.2, 0.25) is 5.91 Å². The summed E-state index contributed by atoms with van der Waals surface area (Å²) in [6, 6.07) is 17.3. The zero-order valence-electron chi connectivity index (χ0n) is 17.1. The van der Waals surface area contributed by atoms with Crippen molar-refractivity contribution in [3.63, 3.8) is 0 Å². The van der Waals surface area contributed by atoms with Gasteiger partial charge in [0, 0.05) is 11.7 Å². The topological polar surface area (TPSA) is 68.5 Å². The molecule has 1 aliphatic rings. The van der Waals surface area contributed by atoms with Crippen molar-refractivity contribution in [1.82, 2.24) is 10.2 Å². The van der Waals surface area contributed by atoms with E-state index in [4.69, 9.17) is 20.8 Å². The fraction of sp³-hybridized carbons (Fsp3) is 0.348. The molecule has 0 saturated heterocycles. The van der Waals surface area contributed by atoms with E-state index in [9.17, 15) is 4.79 Å². The first-order chi connectivity index (χ1) is 15.2. The van der Waals surface area contributed by atoms with E-state index >= 15 is 0 Å². The molecule has 1 aromatic heterocycles. The highest BCUT2D eigenvalue weighted by Gasteiger charge is 2.27. The van der Waals surface area contributed by atoms with E-state index in [1.807, 2.05) is 47.4 Å². The van der Waals surface area contributed by atoms with E-state index in [0.717, 1.165) is 31.4 Å². The van der Waals surface area contributed by atoms with E-state index in [1.54, 1.807) is 12.1 Å². The van der Waals surface area contributed by atoms with Gasteiger partial charge in [-0.1, -0.05) is 73.0 Å². The van der Waals surface area contributed by atoms with E-state index in [0.29, 0.717) is 21.9 Å². The second kappa shape index (κ2) is 10.7. The summed E-state index contributed by atoms with van der Waals surface area (Å²) in [4.78, 5) is 15.1. The van der Waals surface area contributed by atoms with E-state index in [1.165, 1.54) is 18.2 Å². The molecule has 8 heteroatoms. The van der Waals surface area contributed by atoms with Crippen molar-refractivity contribution in [3.05, 3.63) is 65.5 Å². The van der Waals surface area contributed by atoms with Gasteiger partial charge in [-0.15, -0.1) is 10.2 Å². The molecule has 0 N–H and O–H groups in total. The maximum absolute atomic E-state index is 13.1. The lowest BCUT2D eigenvalue weighted by Crippen LogP contribution is -2.42. The van der Waals surface area contributed by atoms with Gasteiger partial charge < -0.3 is 14.1 Å². The van der Waals surface area contributed by atoms with Crippen molar-refractivity contribution < 1.29 is 13.9 Å². The van der Waals surface area contributed by atoms with Crippen LogP contribution in [0.5, 0.6) is 5.75 Å². The fourth-order valence-corrected chi connectivity index (χ4v) is 4.57. The fourth-order valence-electron chi connectivity index (χ4n) is 3.74. The lowest BCUT2D eigenvalue weighted by Gasteiger charge is -2.34. The summed E-state index contributed by atoms with van der Waals surface area (Å²) in [7, 11) is 0. The molecule has 1 heterocycles. The first-order valence-corrected chi connectivity index (χ1v) is 11.8. The first kappa shape index (κ1) is 21.7. The largest absolute Gasteiger partial charge is 0.482 e. The van der Waals surface area contributed by atoms with Crippen LogP contribution in [0.2, 0.25) is 5.02 Å². The number of anilines is 1. The van der Waals surface area contributed by atoms with Gasteiger partial charge in [-0.05, 0) is 37.1 Å². The Morgan fingerprint density at radius 1 is 1.06 bits per heavy atom. The van der Waals surface area contributed by atoms with Gasteiger partial charge in [-0.25, -0.2) is 0 Å². The number of nitrogens with zero attached hydrogens (tertiary/aromatic N) is 3. The Morgan fingerprint density at radius 2 is 1.81 bits per heavy atom. The molecular weight excluding hydrogens is 434 g/mol. The van der Waals surface area contributed by atoms with Crippen molar-refractivity contribution in [3.8, 4) is 5.75 Å². The number of halogens is 1. The average Bonchev–Trinajstić information content (AvgIpc) is 3.27. The van der Waals surface area contributed by atoms with Crippen LogP contribution in [0.1, 0.15) is 38.0 Å². The Labute approximate surface area is 190 Å². The monoisotopic (exact) mass is 457 g/mol. The molecule has 0 bridgehead atoms. The molecule has 6 nitrogen and oxygen atoms in total. The van der Waals surface area contributed by atoms with Crippen molar-refractivity contribution in [1.29, 1.82) is 0 Å². The molecule has 162 valence electrons. The van der Waals surface area contributed by atoms with Crippen LogP contribution in [-0.2, 0) is 11.4 Å². The molecule has 1 fully saturated rings. The minimum absolute atomic E-state index is 0.0511. The highest BCUT2D eigenvalue weighted by atomic mass is 35.5. The third-order valence-corrected chi connectivity index (χ3v) is 6.31. The number of thioether (sulfide) groups is 1. The predicted octanol–water partition coefficient (Wildman–Crippen LogP) is 5.76. The number of amides is 1. The second-order valence-electron chi connectivity index (χ2n) is 7.36. The normalized spacial score (nSPS) is 14.4. The summed E-state index contributed by atoms with van der Waals surface area (Å²) in [5, 5.41) is 8.90. The van der Waals surface area contributed by atoms with Gasteiger partial charge in [-0.2, -0.15) is 0 Å². The summed E-state index contributed by atoms with van der Waals surface area (Å²) >= 11 is 7.33. The van der Waals surface area contributed by atoms with Gasteiger partial charge in [0.15, 0.2) is 6.61 Å². The van der Waals surface area contributed by atoms with E-state index < -0.39 is 0 Å². The SMILES string of the molecule is O=C(CSc1nnc(COc2ccccc2Cl)o1)N(c1ccccc1)C1CCCCC1. The molecule has 1 aliphatic carbocycles. The highest BCUT2D eigenvalue weighted by molar-refractivity contribution is 7.99. The lowest BCUT2D eigenvalue weighted by atomic mass is 9.93. The van der Waals surface area contributed by atoms with E-state index in [2.05, 4.69) is 10.2 Å². The third kappa shape index (κ3) is 5.80. The van der Waals surface area contributed by atoms with E-state index in [-0.39, 0.29) is 24.3 Å². The van der Waals surface area contributed by atoms with Gasteiger partial charge >= 0.3 is 0 Å². The molecule has 2 aromatic carbocycles. The van der Waals surface area contributed by atoms with Gasteiger partial charge in [0.05, 0.1) is 10.8 Å². The number of ether oxygens (including phenoxy) is 1. The third-order valence-electron chi connectivity index (χ3n) is 5.20. The molecular formula is C23H24ClN3O3S. The summed E-state index contributed by atoms with van der Waals surface area (Å²) in [6.45, 7) is 0.115. The highest BCUT2D eigenvalue weighted by Crippen LogP contribution is 2.29. The number of carbonyl (C=O) groups is 1. The van der Waals surface area contributed by atoms with Crippen LogP contribution in [0.4, 0.5) is 5.69 Å². The minimum atomic E-state index is 0.0511. The Hall–Kier alpha value is -2.51. The summed E-state index contributed by atoms with van der Waals surface area (Å²) in [5.41, 5.74) is 0.944. The quantitative estimate of drug-likeness (QED) is 0.400. The number of para-hydroxylation sites is 2. The average molecular weight is 458 g/mol. The lowest BCUT2D eigenvalue weighted by molar-refractivity contribution is -0.116. The molecule has 0 unspecified atom stereocenters. The van der Waals surface area contributed by atoms with Crippen molar-refractivity contribution in [2.24, 2.45) is 0 Å². The maximum atomic E-state index is 13.1. The van der Waals surface area contributed by atoms with Crippen LogP contribution >= 0.6 is 23.4 Å². The first-order valence-electron chi connectivity index (χ1n) is 10.4. The standard InChI is InChI=1S/C23H24ClN3O3S/c24-19-13-7-8-14-20(19)29-15-21-25-26-23(30-21)31-16-22(28)27(17-9-3-1-4-10-17)18-11-5-2-6-12-18/h1,3-4,7-10,13-14,18H,2,5-6,11-12,15-16H2. The van der Waals surface area contributed by atoms with Gasteiger partial charge in [0.1, 0.15) is 5.75 Å². The molecule has 31 heavy (non-hydrogen) atoms. The molecule has 4 rings (SSSR count). The molecule has 1 amide bonds. The number of rotatable bonds is 8. The van der Waals surface area contributed by atoms with Crippen molar-refractivity contribution in [2.75, 3.05) is 10.7 Å². The Kier molecular flexibility index (Phi) is 7.48. The Bertz CT molecular complexity index is 992. The van der Waals surface area contributed by atoms with Crippen LogP contribution in [0.3, 0.4) is 0 Å². The van der Waals surface area contributed by atoms with Crippen molar-refractivity contribution >= 4 is 35.0 Å². The van der Waals surface area contributed by atoms with Crippen LogP contribution in [0.25, 0.3) is 0 Å². The number of benzene rings is 2. The van der Waals surface area contributed by atoms with Crippen molar-refractivity contribution in [2.45, 2.75) is 50.0 Å². The molecule has 0 radical (unpaired) electrons. The molecule has 0 atom stereocenters. The number of hydrogen-bond donors (Lipinski definition) is 0. The second-order valence-corrected chi connectivity index (χ2v) is 8.69. The number of carbonyl (C=O) groups excluding carboxylic acids is 1. The predicted molar refractivity (Wildman–Crippen MR) is 122 cm³/mol. The Balaban J connectivity index is 1.36. The molecule has 0 spiro atoms. The smallest absolute Gasteiger partial charge is 0.277 e. The zero-order valence-corrected chi connectivity index (χ0v) is 18.6. The molecule has 0 aliphatic heterocycles. The van der Waals surface area contributed by atoms with Crippen LogP contribution in [-0.4, -0.2) is 27.9 Å². The van der Waals surface area contributed by atoms with Gasteiger partial charge in [-0.3, -0.25) is 4.79 Å². The summed E-state index contributed by atoms with van der Waals surface area (Å²) < 4.78 is 11.3. The molecule has 1 saturated carbocycles. The number of aromatic nitrogens is 2. The molecule has 3 aromatic rings. The maximum Gasteiger partial charge on any atom is 0.277 e. The van der Waals surface area contributed by atoms with Crippen LogP contribution < -0.4 is 9.64 Å². The van der Waals surface area contributed by atoms with Crippen LogP contribution in [0, 0.1) is 0 Å². The number of hydrogen-bond acceptors (Lipinski definition) is 6. The van der Waals surface area contributed by atoms with Gasteiger partial charge in [0.25, 0.3) is 11.1 Å². The zero-order chi connectivity index (χ0) is 21.5. The minimum Gasteiger partial charge on any atom is -0.482 e. The Morgan fingerprint density at radius 3 is 2.58 bits per heavy atom. The summed E-state index contributed by atoms with van der Waals surface area (Å²) in [5.74, 6) is 1.17.